The second-order valence-electron chi connectivity index (χ2n) is 4.29. The first kappa shape index (κ1) is 14.0. The van der Waals surface area contributed by atoms with Crippen molar-refractivity contribution < 1.29 is 13.2 Å². The minimum absolute atomic E-state index is 0.130. The Morgan fingerprint density at radius 3 is 2.74 bits per heavy atom. The SMILES string of the molecule is COc1ccnc(NC2CCN(S(N)(=O)=O)CC2)n1. The van der Waals surface area contributed by atoms with E-state index >= 15 is 0 Å². The van der Waals surface area contributed by atoms with Crippen LogP contribution < -0.4 is 15.2 Å². The van der Waals surface area contributed by atoms with Gasteiger partial charge in [-0.05, 0) is 12.8 Å². The van der Waals surface area contributed by atoms with E-state index in [-0.39, 0.29) is 6.04 Å². The third-order valence-corrected chi connectivity index (χ3v) is 4.07. The molecule has 0 atom stereocenters. The summed E-state index contributed by atoms with van der Waals surface area (Å²) in [6, 6.07) is 1.79. The molecular formula is C10H17N5O3S. The zero-order valence-corrected chi connectivity index (χ0v) is 11.4. The van der Waals surface area contributed by atoms with Gasteiger partial charge < -0.3 is 10.1 Å². The molecule has 2 rings (SSSR count). The Morgan fingerprint density at radius 1 is 1.47 bits per heavy atom. The van der Waals surface area contributed by atoms with Gasteiger partial charge >= 0.3 is 0 Å². The van der Waals surface area contributed by atoms with Gasteiger partial charge in [-0.3, -0.25) is 0 Å². The summed E-state index contributed by atoms with van der Waals surface area (Å²) in [7, 11) is -2.04. The molecule has 0 unspecified atom stereocenters. The van der Waals surface area contributed by atoms with Crippen molar-refractivity contribution in [3.63, 3.8) is 0 Å². The number of methoxy groups -OCH3 is 1. The molecular weight excluding hydrogens is 270 g/mol. The first-order valence-corrected chi connectivity index (χ1v) is 7.41. The van der Waals surface area contributed by atoms with E-state index in [0.29, 0.717) is 37.8 Å². The van der Waals surface area contributed by atoms with Crippen molar-refractivity contribution in [2.24, 2.45) is 5.14 Å². The fourth-order valence-electron chi connectivity index (χ4n) is 1.96. The van der Waals surface area contributed by atoms with Gasteiger partial charge in [-0.1, -0.05) is 0 Å². The number of rotatable bonds is 4. The molecule has 0 bridgehead atoms. The van der Waals surface area contributed by atoms with Gasteiger partial charge in [-0.2, -0.15) is 17.7 Å². The number of hydrogen-bond acceptors (Lipinski definition) is 6. The standard InChI is InChI=1S/C10H17N5O3S/c1-18-9-2-5-12-10(14-9)13-8-3-6-15(7-4-8)19(11,16)17/h2,5,8H,3-4,6-7H2,1H3,(H2,11,16,17)(H,12,13,14). The van der Waals surface area contributed by atoms with Crippen molar-refractivity contribution in [1.29, 1.82) is 0 Å². The van der Waals surface area contributed by atoms with E-state index in [1.54, 1.807) is 12.3 Å². The first-order valence-electron chi connectivity index (χ1n) is 5.90. The lowest BCUT2D eigenvalue weighted by atomic mass is 10.1. The number of hydrogen-bond donors (Lipinski definition) is 2. The molecule has 0 aliphatic carbocycles. The third-order valence-electron chi connectivity index (χ3n) is 2.99. The molecule has 1 aromatic heterocycles. The van der Waals surface area contributed by atoms with E-state index in [4.69, 9.17) is 9.88 Å². The predicted octanol–water partition coefficient (Wildman–Crippen LogP) is -0.435. The van der Waals surface area contributed by atoms with Crippen LogP contribution in [0.1, 0.15) is 12.8 Å². The highest BCUT2D eigenvalue weighted by Gasteiger charge is 2.25. The van der Waals surface area contributed by atoms with Crippen LogP contribution in [-0.2, 0) is 10.2 Å². The van der Waals surface area contributed by atoms with Crippen LogP contribution in [-0.4, -0.2) is 48.9 Å². The Labute approximate surface area is 112 Å². The molecule has 1 aromatic rings. The summed E-state index contributed by atoms with van der Waals surface area (Å²) in [5.74, 6) is 0.966. The summed E-state index contributed by atoms with van der Waals surface area (Å²) in [5, 5.41) is 8.25. The van der Waals surface area contributed by atoms with E-state index in [1.807, 2.05) is 0 Å². The second-order valence-corrected chi connectivity index (χ2v) is 5.83. The lowest BCUT2D eigenvalue weighted by molar-refractivity contribution is 0.329. The number of aromatic nitrogens is 2. The first-order chi connectivity index (χ1) is 8.99. The molecule has 19 heavy (non-hydrogen) atoms. The van der Waals surface area contributed by atoms with Crippen LogP contribution in [0.4, 0.5) is 5.95 Å². The molecule has 1 fully saturated rings. The van der Waals surface area contributed by atoms with E-state index in [2.05, 4.69) is 15.3 Å². The highest BCUT2D eigenvalue weighted by molar-refractivity contribution is 7.86. The minimum Gasteiger partial charge on any atom is -0.481 e. The lowest BCUT2D eigenvalue weighted by Crippen LogP contribution is -2.45. The van der Waals surface area contributed by atoms with Gasteiger partial charge in [0.1, 0.15) is 0 Å². The summed E-state index contributed by atoms with van der Waals surface area (Å²) in [4.78, 5) is 8.24. The van der Waals surface area contributed by atoms with Crippen LogP contribution in [0.2, 0.25) is 0 Å². The smallest absolute Gasteiger partial charge is 0.276 e. The lowest BCUT2D eigenvalue weighted by Gasteiger charge is -2.30. The molecule has 0 aromatic carbocycles. The summed E-state index contributed by atoms with van der Waals surface area (Å²) in [5.41, 5.74) is 0. The van der Waals surface area contributed by atoms with Crippen molar-refractivity contribution in [2.45, 2.75) is 18.9 Å². The van der Waals surface area contributed by atoms with Crippen LogP contribution in [0.15, 0.2) is 12.3 Å². The van der Waals surface area contributed by atoms with Gasteiger partial charge in [-0.25, -0.2) is 10.1 Å². The molecule has 3 N–H and O–H groups in total. The quantitative estimate of drug-likeness (QED) is 0.777. The van der Waals surface area contributed by atoms with E-state index in [0.717, 1.165) is 0 Å². The normalized spacial score (nSPS) is 18.2. The Balaban J connectivity index is 1.92. The maximum atomic E-state index is 11.2. The second kappa shape index (κ2) is 5.68. The summed E-state index contributed by atoms with van der Waals surface area (Å²) < 4.78 is 28.6. The molecule has 1 aliphatic heterocycles. The fraction of sp³-hybridized carbons (Fsp3) is 0.600. The Hall–Kier alpha value is -1.45. The summed E-state index contributed by atoms with van der Waals surface area (Å²) in [6.45, 7) is 0.806. The zero-order valence-electron chi connectivity index (χ0n) is 10.6. The summed E-state index contributed by atoms with van der Waals surface area (Å²) in [6.07, 6.45) is 2.93. The van der Waals surface area contributed by atoms with Crippen LogP contribution in [0.25, 0.3) is 0 Å². The molecule has 106 valence electrons. The van der Waals surface area contributed by atoms with Gasteiger partial charge in [0.2, 0.25) is 11.8 Å². The Bertz CT molecular complexity index is 528. The zero-order chi connectivity index (χ0) is 13.9. The van der Waals surface area contributed by atoms with E-state index < -0.39 is 10.2 Å². The topological polar surface area (TPSA) is 110 Å². The number of nitrogens with one attached hydrogen (secondary N) is 1. The van der Waals surface area contributed by atoms with Gasteiger partial charge in [0.15, 0.2) is 0 Å². The van der Waals surface area contributed by atoms with Crippen molar-refractivity contribution in [3.8, 4) is 5.88 Å². The largest absolute Gasteiger partial charge is 0.481 e. The van der Waals surface area contributed by atoms with Crippen LogP contribution in [0.5, 0.6) is 5.88 Å². The monoisotopic (exact) mass is 287 g/mol. The van der Waals surface area contributed by atoms with Crippen molar-refractivity contribution in [1.82, 2.24) is 14.3 Å². The highest BCUT2D eigenvalue weighted by atomic mass is 32.2. The molecule has 1 aliphatic rings. The average molecular weight is 287 g/mol. The number of nitrogens with zero attached hydrogens (tertiary/aromatic N) is 3. The van der Waals surface area contributed by atoms with Gasteiger partial charge in [0.05, 0.1) is 7.11 Å². The van der Waals surface area contributed by atoms with Gasteiger partial charge in [0, 0.05) is 31.4 Å². The molecule has 2 heterocycles. The van der Waals surface area contributed by atoms with Gasteiger partial charge in [0.25, 0.3) is 10.2 Å². The average Bonchev–Trinajstić information content (AvgIpc) is 2.38. The molecule has 8 nitrogen and oxygen atoms in total. The fourth-order valence-corrected chi connectivity index (χ4v) is 2.68. The van der Waals surface area contributed by atoms with Gasteiger partial charge in [-0.15, -0.1) is 0 Å². The molecule has 1 saturated heterocycles. The number of nitrogens with two attached hydrogens (primary N) is 1. The molecule has 0 spiro atoms. The molecule has 0 saturated carbocycles. The van der Waals surface area contributed by atoms with Crippen molar-refractivity contribution >= 4 is 16.2 Å². The van der Waals surface area contributed by atoms with Crippen molar-refractivity contribution in [2.75, 3.05) is 25.5 Å². The molecule has 9 heteroatoms. The van der Waals surface area contributed by atoms with Crippen LogP contribution >= 0.6 is 0 Å². The summed E-state index contributed by atoms with van der Waals surface area (Å²) >= 11 is 0. The molecule has 0 amide bonds. The van der Waals surface area contributed by atoms with Crippen LogP contribution in [0.3, 0.4) is 0 Å². The third kappa shape index (κ3) is 3.75. The van der Waals surface area contributed by atoms with Crippen LogP contribution in [0, 0.1) is 0 Å². The Morgan fingerprint density at radius 2 is 2.16 bits per heavy atom. The Kier molecular flexibility index (Phi) is 4.17. The number of ether oxygens (including phenoxy) is 1. The number of piperidine rings is 1. The van der Waals surface area contributed by atoms with E-state index in [9.17, 15) is 8.42 Å². The molecule has 0 radical (unpaired) electrons. The van der Waals surface area contributed by atoms with Crippen molar-refractivity contribution in [3.05, 3.63) is 12.3 Å². The van der Waals surface area contributed by atoms with E-state index in [1.165, 1.54) is 11.4 Å². The highest BCUT2D eigenvalue weighted by Crippen LogP contribution is 2.16. The minimum atomic E-state index is -3.58. The predicted molar refractivity (Wildman–Crippen MR) is 69.9 cm³/mol. The maximum Gasteiger partial charge on any atom is 0.276 e. The maximum absolute atomic E-state index is 11.2. The number of anilines is 1.